The van der Waals surface area contributed by atoms with Crippen molar-refractivity contribution in [1.29, 1.82) is 0 Å². The highest BCUT2D eigenvalue weighted by Gasteiger charge is 2.26. The summed E-state index contributed by atoms with van der Waals surface area (Å²) in [7, 11) is 0. The van der Waals surface area contributed by atoms with Gasteiger partial charge in [0.05, 0.1) is 29.9 Å². The van der Waals surface area contributed by atoms with E-state index in [0.29, 0.717) is 24.3 Å². The van der Waals surface area contributed by atoms with Crippen LogP contribution in [0.25, 0.3) is 10.2 Å². The van der Waals surface area contributed by atoms with E-state index in [2.05, 4.69) is 20.3 Å². The molecule has 1 amide bonds. The van der Waals surface area contributed by atoms with E-state index in [1.165, 1.54) is 11.3 Å². The van der Waals surface area contributed by atoms with Gasteiger partial charge in [0.2, 0.25) is 5.91 Å². The predicted molar refractivity (Wildman–Crippen MR) is 106 cm³/mol. The third-order valence-electron chi connectivity index (χ3n) is 4.72. The predicted octanol–water partition coefficient (Wildman–Crippen LogP) is 2.99. The Morgan fingerprint density at radius 1 is 1.44 bits per heavy atom. The largest absolute Gasteiger partial charge is 0.494 e. The molecule has 142 valence electrons. The third kappa shape index (κ3) is 4.28. The summed E-state index contributed by atoms with van der Waals surface area (Å²) in [6, 6.07) is 8.07. The summed E-state index contributed by atoms with van der Waals surface area (Å²) < 4.78 is 8.47. The second kappa shape index (κ2) is 8.06. The molecule has 2 aromatic heterocycles. The first-order chi connectivity index (χ1) is 13.2. The molecule has 8 heteroatoms. The van der Waals surface area contributed by atoms with Crippen molar-refractivity contribution in [1.82, 2.24) is 19.7 Å². The molecule has 0 unspecified atom stereocenters. The average Bonchev–Trinajstić information content (AvgIpc) is 3.37. The number of hydrogen-bond acceptors (Lipinski definition) is 6. The standard InChI is InChI=1S/C19H23N5O2S/c1-2-26-15-6-7-16-17(11-15)27-19(21-16)22-18(25)13-23-9-3-5-14(23)12-24-10-4-8-20-24/h4,6-8,10-11,14H,2-3,5,9,12-13H2,1H3,(H,21,22,25)/t14-/m1/s1. The van der Waals surface area contributed by atoms with Gasteiger partial charge >= 0.3 is 0 Å². The van der Waals surface area contributed by atoms with Crippen LogP contribution in [0, 0.1) is 0 Å². The van der Waals surface area contributed by atoms with Gasteiger partial charge in [-0.15, -0.1) is 0 Å². The van der Waals surface area contributed by atoms with Gasteiger partial charge in [0.25, 0.3) is 0 Å². The third-order valence-corrected chi connectivity index (χ3v) is 5.65. The molecule has 27 heavy (non-hydrogen) atoms. The van der Waals surface area contributed by atoms with Crippen LogP contribution < -0.4 is 10.1 Å². The molecular weight excluding hydrogens is 362 g/mol. The fourth-order valence-electron chi connectivity index (χ4n) is 3.49. The van der Waals surface area contributed by atoms with Crippen molar-refractivity contribution in [2.45, 2.75) is 32.4 Å². The number of anilines is 1. The number of benzene rings is 1. The molecule has 0 radical (unpaired) electrons. The fourth-order valence-corrected chi connectivity index (χ4v) is 4.40. The Labute approximate surface area is 162 Å². The minimum atomic E-state index is -0.0218. The summed E-state index contributed by atoms with van der Waals surface area (Å²) in [5.74, 6) is 0.802. The number of hydrogen-bond donors (Lipinski definition) is 1. The average molecular weight is 385 g/mol. The van der Waals surface area contributed by atoms with Crippen LogP contribution in [0.3, 0.4) is 0 Å². The first-order valence-electron chi connectivity index (χ1n) is 9.26. The van der Waals surface area contributed by atoms with Gasteiger partial charge < -0.3 is 10.1 Å². The minimum absolute atomic E-state index is 0.0218. The Balaban J connectivity index is 1.37. The van der Waals surface area contributed by atoms with Crippen LogP contribution >= 0.6 is 11.3 Å². The first-order valence-corrected chi connectivity index (χ1v) is 10.1. The van der Waals surface area contributed by atoms with Gasteiger partial charge in [-0.1, -0.05) is 11.3 Å². The van der Waals surface area contributed by atoms with Gasteiger partial charge in [-0.05, 0) is 50.6 Å². The summed E-state index contributed by atoms with van der Waals surface area (Å²) >= 11 is 1.47. The molecule has 1 N–H and O–H groups in total. The zero-order valence-corrected chi connectivity index (χ0v) is 16.1. The van der Waals surface area contributed by atoms with Crippen molar-refractivity contribution in [3.8, 4) is 5.75 Å². The number of fused-ring (bicyclic) bond motifs is 1. The van der Waals surface area contributed by atoms with E-state index in [4.69, 9.17) is 4.74 Å². The zero-order valence-electron chi connectivity index (χ0n) is 15.3. The number of carbonyl (C=O) groups excluding carboxylic acids is 1. The fraction of sp³-hybridized carbons (Fsp3) is 0.421. The summed E-state index contributed by atoms with van der Waals surface area (Å²) in [6.07, 6.45) is 5.96. The Bertz CT molecular complexity index is 908. The monoisotopic (exact) mass is 385 g/mol. The van der Waals surface area contributed by atoms with Crippen LogP contribution in [0.4, 0.5) is 5.13 Å². The Morgan fingerprint density at radius 3 is 3.19 bits per heavy atom. The number of nitrogens with zero attached hydrogens (tertiary/aromatic N) is 4. The van der Waals surface area contributed by atoms with Crippen molar-refractivity contribution in [3.05, 3.63) is 36.7 Å². The SMILES string of the molecule is CCOc1ccc2nc(NC(=O)CN3CCC[C@@H]3Cn3cccn3)sc2c1. The molecule has 1 aromatic carbocycles. The second-order valence-electron chi connectivity index (χ2n) is 6.62. The Kier molecular flexibility index (Phi) is 5.35. The molecule has 1 aliphatic rings. The van der Waals surface area contributed by atoms with E-state index in [1.54, 1.807) is 6.20 Å². The van der Waals surface area contributed by atoms with Gasteiger partial charge in [0.1, 0.15) is 5.75 Å². The van der Waals surface area contributed by atoms with Gasteiger partial charge in [-0.25, -0.2) is 4.98 Å². The topological polar surface area (TPSA) is 72.3 Å². The van der Waals surface area contributed by atoms with Crippen molar-refractivity contribution >= 4 is 32.6 Å². The summed E-state index contributed by atoms with van der Waals surface area (Å²) in [5, 5.41) is 7.86. The van der Waals surface area contributed by atoms with Gasteiger partial charge in [0, 0.05) is 18.4 Å². The molecule has 3 aromatic rings. The quantitative estimate of drug-likeness (QED) is 0.677. The van der Waals surface area contributed by atoms with Crippen LogP contribution in [0.5, 0.6) is 5.75 Å². The highest BCUT2D eigenvalue weighted by Crippen LogP contribution is 2.29. The Hall–Kier alpha value is -2.45. The molecule has 0 saturated carbocycles. The van der Waals surface area contributed by atoms with E-state index in [1.807, 2.05) is 42.1 Å². The van der Waals surface area contributed by atoms with Crippen molar-refractivity contribution in [2.24, 2.45) is 0 Å². The molecule has 1 aliphatic heterocycles. The molecular formula is C19H23N5O2S. The van der Waals surface area contributed by atoms with E-state index in [-0.39, 0.29) is 5.91 Å². The van der Waals surface area contributed by atoms with Crippen LogP contribution in [0.2, 0.25) is 0 Å². The molecule has 0 bridgehead atoms. The molecule has 7 nitrogen and oxygen atoms in total. The van der Waals surface area contributed by atoms with Crippen LogP contribution in [0.1, 0.15) is 19.8 Å². The number of carbonyl (C=O) groups is 1. The maximum Gasteiger partial charge on any atom is 0.240 e. The lowest BCUT2D eigenvalue weighted by Gasteiger charge is -2.23. The Morgan fingerprint density at radius 2 is 2.37 bits per heavy atom. The molecule has 1 saturated heterocycles. The number of amides is 1. The number of ether oxygens (including phenoxy) is 1. The van der Waals surface area contributed by atoms with E-state index in [9.17, 15) is 4.79 Å². The van der Waals surface area contributed by atoms with Crippen LogP contribution in [0.15, 0.2) is 36.7 Å². The summed E-state index contributed by atoms with van der Waals surface area (Å²) in [6.45, 7) is 4.73. The summed E-state index contributed by atoms with van der Waals surface area (Å²) in [5.41, 5.74) is 0.872. The molecule has 0 spiro atoms. The maximum absolute atomic E-state index is 12.5. The van der Waals surface area contributed by atoms with Crippen molar-refractivity contribution < 1.29 is 9.53 Å². The number of nitrogens with one attached hydrogen (secondary N) is 1. The van der Waals surface area contributed by atoms with Crippen LogP contribution in [-0.4, -0.2) is 51.3 Å². The van der Waals surface area contributed by atoms with E-state index >= 15 is 0 Å². The second-order valence-corrected chi connectivity index (χ2v) is 7.66. The van der Waals surface area contributed by atoms with Gasteiger partial charge in [-0.3, -0.25) is 14.4 Å². The zero-order chi connectivity index (χ0) is 18.6. The van der Waals surface area contributed by atoms with Crippen molar-refractivity contribution in [3.63, 3.8) is 0 Å². The molecule has 1 fully saturated rings. The highest BCUT2D eigenvalue weighted by molar-refractivity contribution is 7.22. The minimum Gasteiger partial charge on any atom is -0.494 e. The molecule has 3 heterocycles. The van der Waals surface area contributed by atoms with E-state index in [0.717, 1.165) is 41.9 Å². The number of likely N-dealkylation sites (tertiary alicyclic amines) is 1. The lowest BCUT2D eigenvalue weighted by Crippen LogP contribution is -2.39. The van der Waals surface area contributed by atoms with Gasteiger partial charge in [-0.2, -0.15) is 5.10 Å². The molecule has 1 atom stereocenters. The highest BCUT2D eigenvalue weighted by atomic mass is 32.1. The lowest BCUT2D eigenvalue weighted by molar-refractivity contribution is -0.117. The number of aromatic nitrogens is 3. The first kappa shape index (κ1) is 17.9. The lowest BCUT2D eigenvalue weighted by atomic mass is 10.2. The number of rotatable bonds is 7. The van der Waals surface area contributed by atoms with E-state index < -0.39 is 0 Å². The molecule has 0 aliphatic carbocycles. The number of thiazole rings is 1. The normalized spacial score (nSPS) is 17.4. The summed E-state index contributed by atoms with van der Waals surface area (Å²) in [4.78, 5) is 19.3. The van der Waals surface area contributed by atoms with Crippen LogP contribution in [-0.2, 0) is 11.3 Å². The van der Waals surface area contributed by atoms with Gasteiger partial charge in [0.15, 0.2) is 5.13 Å². The van der Waals surface area contributed by atoms with Crippen molar-refractivity contribution in [2.75, 3.05) is 25.0 Å². The molecule has 4 rings (SSSR count). The maximum atomic E-state index is 12.5. The smallest absolute Gasteiger partial charge is 0.240 e.